The Bertz CT molecular complexity index is 978. The van der Waals surface area contributed by atoms with Crippen molar-refractivity contribution in [2.24, 2.45) is 17.8 Å². The molecule has 0 bridgehead atoms. The van der Waals surface area contributed by atoms with E-state index >= 15 is 0 Å². The van der Waals surface area contributed by atoms with Crippen LogP contribution in [0.25, 0.3) is 0 Å². The zero-order chi connectivity index (χ0) is 25.9. The van der Waals surface area contributed by atoms with Gasteiger partial charge in [-0.2, -0.15) is 5.53 Å². The first-order valence-electron chi connectivity index (χ1n) is 14.4. The van der Waals surface area contributed by atoms with Gasteiger partial charge in [0.15, 0.2) is 0 Å². The van der Waals surface area contributed by atoms with Crippen LogP contribution in [0.2, 0.25) is 0 Å². The van der Waals surface area contributed by atoms with Crippen molar-refractivity contribution in [3.05, 3.63) is 23.4 Å². The van der Waals surface area contributed by atoms with Gasteiger partial charge in [-0.3, -0.25) is 4.79 Å². The van der Waals surface area contributed by atoms with Crippen LogP contribution in [0.15, 0.2) is 12.1 Å². The highest BCUT2D eigenvalue weighted by Gasteiger charge is 2.38. The zero-order valence-electron chi connectivity index (χ0n) is 22.1. The summed E-state index contributed by atoms with van der Waals surface area (Å²) >= 11 is 0. The molecule has 1 saturated carbocycles. The van der Waals surface area contributed by atoms with Crippen LogP contribution in [0.3, 0.4) is 0 Å². The molecule has 208 valence electrons. The van der Waals surface area contributed by atoms with Crippen molar-refractivity contribution in [2.45, 2.75) is 50.5 Å². The Kier molecular flexibility index (Phi) is 7.96. The summed E-state index contributed by atoms with van der Waals surface area (Å²) in [5, 5.41) is 3.05. The van der Waals surface area contributed by atoms with Crippen LogP contribution in [0, 0.1) is 17.8 Å². The van der Waals surface area contributed by atoms with Gasteiger partial charge in [0, 0.05) is 75.7 Å². The molecule has 1 aromatic rings. The zero-order valence-corrected chi connectivity index (χ0v) is 22.1. The van der Waals surface area contributed by atoms with Crippen molar-refractivity contribution in [3.63, 3.8) is 0 Å². The van der Waals surface area contributed by atoms with Crippen LogP contribution >= 0.6 is 0 Å². The minimum Gasteiger partial charge on any atom is -0.477 e. The number of amides is 3. The van der Waals surface area contributed by atoms with Gasteiger partial charge in [-0.05, 0) is 62.3 Å². The van der Waals surface area contributed by atoms with E-state index in [0.29, 0.717) is 48.3 Å². The average Bonchev–Trinajstić information content (AvgIpc) is 3.59. The largest absolute Gasteiger partial charge is 0.477 e. The molecule has 6 rings (SSSR count). The second-order valence-corrected chi connectivity index (χ2v) is 11.6. The molecule has 0 radical (unpaired) electrons. The van der Waals surface area contributed by atoms with Crippen molar-refractivity contribution >= 4 is 11.9 Å². The van der Waals surface area contributed by atoms with E-state index in [4.69, 9.17) is 14.5 Å². The molecule has 5 fully saturated rings. The van der Waals surface area contributed by atoms with Gasteiger partial charge in [0.1, 0.15) is 0 Å². The van der Waals surface area contributed by atoms with Gasteiger partial charge in [0.2, 0.25) is 5.88 Å². The summed E-state index contributed by atoms with van der Waals surface area (Å²) in [5.74, 6) is 2.46. The van der Waals surface area contributed by atoms with Crippen LogP contribution in [-0.4, -0.2) is 91.9 Å². The van der Waals surface area contributed by atoms with Gasteiger partial charge in [-0.1, -0.05) is 0 Å². The third kappa shape index (κ3) is 6.22. The number of nitrogens with zero attached hydrogens (tertiary/aromatic N) is 3. The molecule has 38 heavy (non-hydrogen) atoms. The molecule has 1 aromatic heterocycles. The standard InChI is InChI=1S/C27H41N7O4/c35-26(22-11-24(19-1-2-19)30-25(12-22)38-17-18-5-9-37-10-6-18)33-7-3-20-15-34(16-21(20)4-8-33)27(36)28-13-23-14-29-32-31-23/h11-12,18-21,23,29,31-32H,1-10,13-17H2,(H,28,36)/t20-,21+,23?. The molecule has 5 heterocycles. The quantitative estimate of drug-likeness (QED) is 0.418. The fourth-order valence-electron chi connectivity index (χ4n) is 6.15. The van der Waals surface area contributed by atoms with Crippen molar-refractivity contribution in [1.29, 1.82) is 0 Å². The molecular formula is C27H41N7O4. The number of carbonyl (C=O) groups excluding carboxylic acids is 2. The van der Waals surface area contributed by atoms with Crippen LogP contribution in [0.4, 0.5) is 4.79 Å². The number of rotatable bonds is 7. The minimum atomic E-state index is 0.0115. The number of ether oxygens (including phenoxy) is 2. The number of carbonyl (C=O) groups is 2. The molecule has 1 aliphatic carbocycles. The summed E-state index contributed by atoms with van der Waals surface area (Å²) in [5.41, 5.74) is 10.6. The number of nitrogens with one attached hydrogen (secondary N) is 4. The van der Waals surface area contributed by atoms with Crippen LogP contribution in [0.5, 0.6) is 5.88 Å². The molecule has 5 aliphatic rings. The van der Waals surface area contributed by atoms with E-state index in [1.807, 2.05) is 21.9 Å². The third-order valence-corrected chi connectivity index (χ3v) is 8.78. The lowest BCUT2D eigenvalue weighted by atomic mass is 9.92. The first kappa shape index (κ1) is 25.8. The highest BCUT2D eigenvalue weighted by molar-refractivity contribution is 5.94. The number of hydrogen-bond acceptors (Lipinski definition) is 8. The fraction of sp³-hybridized carbons (Fsp3) is 0.741. The van der Waals surface area contributed by atoms with Gasteiger partial charge in [-0.15, -0.1) is 0 Å². The molecule has 3 atom stereocenters. The lowest BCUT2D eigenvalue weighted by Gasteiger charge is -2.24. The lowest BCUT2D eigenvalue weighted by molar-refractivity contribution is 0.0490. The molecule has 0 spiro atoms. The molecule has 11 nitrogen and oxygen atoms in total. The van der Waals surface area contributed by atoms with E-state index in [1.54, 1.807) is 0 Å². The summed E-state index contributed by atoms with van der Waals surface area (Å²) in [6, 6.07) is 4.03. The number of aromatic nitrogens is 1. The fourth-order valence-corrected chi connectivity index (χ4v) is 6.15. The monoisotopic (exact) mass is 527 g/mol. The smallest absolute Gasteiger partial charge is 0.317 e. The van der Waals surface area contributed by atoms with E-state index in [0.717, 1.165) is 90.2 Å². The van der Waals surface area contributed by atoms with Gasteiger partial charge in [-0.25, -0.2) is 20.6 Å². The molecule has 1 unspecified atom stereocenters. The Labute approximate surface area is 224 Å². The highest BCUT2D eigenvalue weighted by atomic mass is 16.5. The molecule has 3 amide bonds. The maximum absolute atomic E-state index is 13.6. The van der Waals surface area contributed by atoms with E-state index in [2.05, 4.69) is 21.7 Å². The molecule has 4 aliphatic heterocycles. The van der Waals surface area contributed by atoms with Crippen LogP contribution < -0.4 is 26.4 Å². The molecule has 4 N–H and O–H groups in total. The maximum Gasteiger partial charge on any atom is 0.317 e. The SMILES string of the molecule is O=C(NCC1CNNN1)N1C[C@H]2CCN(C(=O)c3cc(OCC4CCOCC4)nc(C4CC4)c3)CC[C@H]2C1. The van der Waals surface area contributed by atoms with Crippen molar-refractivity contribution in [3.8, 4) is 5.88 Å². The van der Waals surface area contributed by atoms with Gasteiger partial charge in [0.05, 0.1) is 12.6 Å². The van der Waals surface area contributed by atoms with Crippen molar-refractivity contribution in [1.82, 2.24) is 36.5 Å². The van der Waals surface area contributed by atoms with Gasteiger partial charge < -0.3 is 24.6 Å². The van der Waals surface area contributed by atoms with E-state index in [1.165, 1.54) is 0 Å². The van der Waals surface area contributed by atoms with E-state index in [-0.39, 0.29) is 18.0 Å². The summed E-state index contributed by atoms with van der Waals surface area (Å²) < 4.78 is 11.6. The highest BCUT2D eigenvalue weighted by Crippen LogP contribution is 2.40. The number of likely N-dealkylation sites (tertiary alicyclic amines) is 2. The maximum atomic E-state index is 13.6. The normalized spacial score (nSPS) is 28.2. The van der Waals surface area contributed by atoms with Crippen LogP contribution in [-0.2, 0) is 4.74 Å². The Morgan fingerprint density at radius 1 is 1.03 bits per heavy atom. The number of hydrogen-bond donors (Lipinski definition) is 4. The Morgan fingerprint density at radius 2 is 1.79 bits per heavy atom. The number of pyridine rings is 1. The summed E-state index contributed by atoms with van der Waals surface area (Å²) in [7, 11) is 0. The molecule has 11 heteroatoms. The first-order valence-corrected chi connectivity index (χ1v) is 14.4. The minimum absolute atomic E-state index is 0.0115. The van der Waals surface area contributed by atoms with Crippen molar-refractivity contribution in [2.75, 3.05) is 59.1 Å². The Hall–Kier alpha value is -2.47. The van der Waals surface area contributed by atoms with Gasteiger partial charge >= 0.3 is 6.03 Å². The van der Waals surface area contributed by atoms with Crippen LogP contribution in [0.1, 0.15) is 60.5 Å². The molecule has 0 aromatic carbocycles. The average molecular weight is 528 g/mol. The lowest BCUT2D eigenvalue weighted by Crippen LogP contribution is -2.46. The Morgan fingerprint density at radius 3 is 2.47 bits per heavy atom. The second kappa shape index (κ2) is 11.7. The predicted octanol–water partition coefficient (Wildman–Crippen LogP) is 1.24. The number of fused-ring (bicyclic) bond motifs is 1. The topological polar surface area (TPSA) is 120 Å². The third-order valence-electron chi connectivity index (χ3n) is 8.78. The summed E-state index contributed by atoms with van der Waals surface area (Å²) in [6.07, 6.45) is 6.13. The van der Waals surface area contributed by atoms with E-state index < -0.39 is 0 Å². The van der Waals surface area contributed by atoms with Crippen molar-refractivity contribution < 1.29 is 19.1 Å². The molecular weight excluding hydrogens is 486 g/mol. The second-order valence-electron chi connectivity index (χ2n) is 11.6. The molecule has 4 saturated heterocycles. The number of urea groups is 1. The Balaban J connectivity index is 1.04. The van der Waals surface area contributed by atoms with Gasteiger partial charge in [0.25, 0.3) is 5.91 Å². The summed E-state index contributed by atoms with van der Waals surface area (Å²) in [4.78, 5) is 35.1. The number of hydrazine groups is 2. The summed E-state index contributed by atoms with van der Waals surface area (Å²) in [6.45, 7) is 6.54. The predicted molar refractivity (Wildman–Crippen MR) is 140 cm³/mol. The first-order chi connectivity index (χ1) is 18.6. The van der Waals surface area contributed by atoms with E-state index in [9.17, 15) is 9.59 Å².